The summed E-state index contributed by atoms with van der Waals surface area (Å²) in [6.45, 7) is 0.588. The summed E-state index contributed by atoms with van der Waals surface area (Å²) in [5.41, 5.74) is 6.50. The molecule has 1 heterocycles. The number of carbonyl (C=O) groups is 2. The molecule has 5 nitrogen and oxygen atoms in total. The molecule has 1 N–H and O–H groups in total. The summed E-state index contributed by atoms with van der Waals surface area (Å²) in [4.78, 5) is 25.9. The summed E-state index contributed by atoms with van der Waals surface area (Å²) in [5.74, 6) is -0.961. The number of amides is 1. The van der Waals surface area contributed by atoms with Crippen molar-refractivity contribution in [3.8, 4) is 11.1 Å². The van der Waals surface area contributed by atoms with Crippen LogP contribution in [0.3, 0.4) is 0 Å². The fraction of sp³-hybridized carbons (Fsp3) is 0.200. The van der Waals surface area contributed by atoms with Gasteiger partial charge in [0.15, 0.2) is 0 Å². The number of fused-ring (bicyclic) bond motifs is 4. The second kappa shape index (κ2) is 7.34. The highest BCUT2D eigenvalue weighted by Gasteiger charge is 2.37. The molecular weight excluding hydrogens is 378 g/mol. The van der Waals surface area contributed by atoms with E-state index in [0.717, 1.165) is 22.3 Å². The molecular formula is C25H21NO4. The van der Waals surface area contributed by atoms with E-state index >= 15 is 0 Å². The Balaban J connectivity index is 1.37. The molecule has 5 rings (SSSR count). The topological polar surface area (TPSA) is 66.8 Å². The molecule has 0 saturated heterocycles. The third-order valence-corrected chi connectivity index (χ3v) is 6.07. The largest absolute Gasteiger partial charge is 0.481 e. The smallest absolute Gasteiger partial charge is 0.410 e. The van der Waals surface area contributed by atoms with Crippen molar-refractivity contribution in [1.29, 1.82) is 0 Å². The standard InChI is InChI=1S/C25H21NO4/c27-24(28)13-23-17-8-2-1-7-16(17)14-26(23)25(29)30-15-22-20-11-5-3-9-18(20)19-10-4-6-12-21(19)22/h1-12,22-23H,13-15H2,(H,27,28). The van der Waals surface area contributed by atoms with Crippen LogP contribution in [-0.4, -0.2) is 28.7 Å². The molecule has 1 atom stereocenters. The summed E-state index contributed by atoms with van der Waals surface area (Å²) in [5, 5.41) is 9.34. The average molecular weight is 399 g/mol. The van der Waals surface area contributed by atoms with Gasteiger partial charge in [-0.2, -0.15) is 0 Å². The Morgan fingerprint density at radius 3 is 2.07 bits per heavy atom. The molecule has 150 valence electrons. The van der Waals surface area contributed by atoms with E-state index in [2.05, 4.69) is 24.3 Å². The van der Waals surface area contributed by atoms with Gasteiger partial charge in [-0.15, -0.1) is 0 Å². The molecule has 0 radical (unpaired) electrons. The van der Waals surface area contributed by atoms with Gasteiger partial charge >= 0.3 is 12.1 Å². The van der Waals surface area contributed by atoms with E-state index in [1.807, 2.05) is 48.5 Å². The molecule has 1 aliphatic carbocycles. The monoisotopic (exact) mass is 399 g/mol. The predicted molar refractivity (Wildman–Crippen MR) is 112 cm³/mol. The van der Waals surface area contributed by atoms with Crippen LogP contribution < -0.4 is 0 Å². The summed E-state index contributed by atoms with van der Waals surface area (Å²) >= 11 is 0. The Bertz CT molecular complexity index is 1090. The fourth-order valence-corrected chi connectivity index (χ4v) is 4.72. The van der Waals surface area contributed by atoms with Gasteiger partial charge in [-0.25, -0.2) is 4.79 Å². The van der Waals surface area contributed by atoms with E-state index in [1.165, 1.54) is 16.0 Å². The van der Waals surface area contributed by atoms with Crippen molar-refractivity contribution in [2.45, 2.75) is 24.9 Å². The zero-order valence-corrected chi connectivity index (χ0v) is 16.3. The van der Waals surface area contributed by atoms with Crippen LogP contribution in [0.5, 0.6) is 0 Å². The van der Waals surface area contributed by atoms with Gasteiger partial charge in [0.2, 0.25) is 0 Å². The number of carboxylic acid groups (broad SMARTS) is 1. The van der Waals surface area contributed by atoms with Crippen molar-refractivity contribution in [3.05, 3.63) is 95.1 Å². The third kappa shape index (κ3) is 3.03. The van der Waals surface area contributed by atoms with E-state index in [1.54, 1.807) is 0 Å². The molecule has 5 heteroatoms. The lowest BCUT2D eigenvalue weighted by Crippen LogP contribution is -2.32. The van der Waals surface area contributed by atoms with Crippen molar-refractivity contribution in [2.24, 2.45) is 0 Å². The maximum atomic E-state index is 13.0. The number of carbonyl (C=O) groups excluding carboxylic acids is 1. The van der Waals surface area contributed by atoms with Crippen LogP contribution in [0, 0.1) is 0 Å². The maximum absolute atomic E-state index is 13.0. The van der Waals surface area contributed by atoms with Gasteiger partial charge in [0.25, 0.3) is 0 Å². The molecule has 1 amide bonds. The van der Waals surface area contributed by atoms with Gasteiger partial charge in [-0.1, -0.05) is 72.8 Å². The molecule has 30 heavy (non-hydrogen) atoms. The third-order valence-electron chi connectivity index (χ3n) is 6.07. The number of benzene rings is 3. The van der Waals surface area contributed by atoms with Gasteiger partial charge in [0, 0.05) is 12.5 Å². The molecule has 1 aliphatic heterocycles. The molecule has 0 fully saturated rings. The minimum absolute atomic E-state index is 0.0238. The highest BCUT2D eigenvalue weighted by Crippen LogP contribution is 2.45. The van der Waals surface area contributed by atoms with Gasteiger partial charge in [-0.3, -0.25) is 9.69 Å². The van der Waals surface area contributed by atoms with E-state index in [-0.39, 0.29) is 18.9 Å². The lowest BCUT2D eigenvalue weighted by atomic mass is 9.98. The minimum Gasteiger partial charge on any atom is -0.481 e. The highest BCUT2D eigenvalue weighted by molar-refractivity contribution is 5.79. The van der Waals surface area contributed by atoms with Crippen molar-refractivity contribution in [3.63, 3.8) is 0 Å². The lowest BCUT2D eigenvalue weighted by Gasteiger charge is -2.24. The van der Waals surface area contributed by atoms with E-state index in [0.29, 0.717) is 6.54 Å². The molecule has 1 unspecified atom stereocenters. The maximum Gasteiger partial charge on any atom is 0.410 e. The first kappa shape index (κ1) is 18.4. The van der Waals surface area contributed by atoms with Gasteiger partial charge < -0.3 is 9.84 Å². The molecule has 3 aromatic rings. The SMILES string of the molecule is O=C(O)CC1c2ccccc2CN1C(=O)OCC1c2ccccc2-c2ccccc21. The zero-order valence-electron chi connectivity index (χ0n) is 16.3. The first-order valence-electron chi connectivity index (χ1n) is 10.0. The van der Waals surface area contributed by atoms with E-state index < -0.39 is 18.1 Å². The van der Waals surface area contributed by atoms with Crippen molar-refractivity contribution in [1.82, 2.24) is 4.90 Å². The first-order valence-corrected chi connectivity index (χ1v) is 10.0. The number of carboxylic acids is 1. The average Bonchev–Trinajstić information content (AvgIpc) is 3.28. The predicted octanol–water partition coefficient (Wildman–Crippen LogP) is 4.97. The second-order valence-corrected chi connectivity index (χ2v) is 7.74. The lowest BCUT2D eigenvalue weighted by molar-refractivity contribution is -0.138. The quantitative estimate of drug-likeness (QED) is 0.673. The summed E-state index contributed by atoms with van der Waals surface area (Å²) < 4.78 is 5.76. The molecule has 0 spiro atoms. The number of rotatable bonds is 4. The Kier molecular flexibility index (Phi) is 4.51. The van der Waals surface area contributed by atoms with Crippen LogP contribution in [0.4, 0.5) is 4.79 Å². The van der Waals surface area contributed by atoms with Crippen molar-refractivity contribution >= 4 is 12.1 Å². The number of hydrogen-bond acceptors (Lipinski definition) is 3. The van der Waals surface area contributed by atoms with Crippen LogP contribution >= 0.6 is 0 Å². The first-order chi connectivity index (χ1) is 14.6. The molecule has 3 aromatic carbocycles. The Morgan fingerprint density at radius 1 is 0.867 bits per heavy atom. The van der Waals surface area contributed by atoms with E-state index in [9.17, 15) is 14.7 Å². The number of hydrogen-bond donors (Lipinski definition) is 1. The van der Waals surface area contributed by atoms with Crippen molar-refractivity contribution in [2.75, 3.05) is 6.61 Å². The minimum atomic E-state index is -0.937. The number of ether oxygens (including phenoxy) is 1. The van der Waals surface area contributed by atoms with E-state index in [4.69, 9.17) is 4.74 Å². The second-order valence-electron chi connectivity index (χ2n) is 7.74. The summed E-state index contributed by atoms with van der Waals surface area (Å²) in [7, 11) is 0. The normalized spacial score (nSPS) is 16.7. The molecule has 2 aliphatic rings. The Labute approximate surface area is 174 Å². The van der Waals surface area contributed by atoms with Crippen LogP contribution in [0.1, 0.15) is 40.6 Å². The van der Waals surface area contributed by atoms with Gasteiger partial charge in [0.1, 0.15) is 6.61 Å². The van der Waals surface area contributed by atoms with Gasteiger partial charge in [-0.05, 0) is 33.4 Å². The fourth-order valence-electron chi connectivity index (χ4n) is 4.72. The van der Waals surface area contributed by atoms with Crippen LogP contribution in [-0.2, 0) is 16.1 Å². The molecule has 0 saturated carbocycles. The van der Waals surface area contributed by atoms with Crippen LogP contribution in [0.25, 0.3) is 11.1 Å². The Hall–Kier alpha value is -3.60. The summed E-state index contributed by atoms with van der Waals surface area (Å²) in [6, 6.07) is 23.5. The van der Waals surface area contributed by atoms with Gasteiger partial charge in [0.05, 0.1) is 12.5 Å². The molecule has 0 bridgehead atoms. The van der Waals surface area contributed by atoms with Crippen LogP contribution in [0.15, 0.2) is 72.8 Å². The number of nitrogens with zero attached hydrogens (tertiary/aromatic N) is 1. The number of aliphatic carboxylic acids is 1. The van der Waals surface area contributed by atoms with Crippen LogP contribution in [0.2, 0.25) is 0 Å². The highest BCUT2D eigenvalue weighted by atomic mass is 16.6. The summed E-state index contributed by atoms with van der Waals surface area (Å²) in [6.07, 6.45) is -0.611. The molecule has 0 aromatic heterocycles. The zero-order chi connectivity index (χ0) is 20.7. The Morgan fingerprint density at radius 2 is 1.43 bits per heavy atom. The van der Waals surface area contributed by atoms with Crippen molar-refractivity contribution < 1.29 is 19.4 Å².